The molecule has 0 saturated heterocycles. The number of fused-ring (bicyclic) bond motifs is 3. The van der Waals surface area contributed by atoms with E-state index in [0.29, 0.717) is 6.54 Å². The van der Waals surface area contributed by atoms with Gasteiger partial charge < -0.3 is 4.57 Å². The SMILES string of the molecule is Cc1ccc2c(c1)c(=O)n(Cc1ccccc1)c1ccccc21. The van der Waals surface area contributed by atoms with Gasteiger partial charge in [0.15, 0.2) is 0 Å². The summed E-state index contributed by atoms with van der Waals surface area (Å²) in [6.07, 6.45) is 0. The molecule has 0 N–H and O–H groups in total. The Balaban J connectivity index is 2.08. The van der Waals surface area contributed by atoms with Crippen LogP contribution in [0.25, 0.3) is 21.7 Å². The normalized spacial score (nSPS) is 11.2. The first-order valence-corrected chi connectivity index (χ1v) is 7.80. The highest BCUT2D eigenvalue weighted by molar-refractivity contribution is 6.05. The van der Waals surface area contributed by atoms with Crippen molar-refractivity contribution in [2.45, 2.75) is 13.5 Å². The van der Waals surface area contributed by atoms with Crippen LogP contribution in [-0.4, -0.2) is 4.57 Å². The second-order valence-corrected chi connectivity index (χ2v) is 5.94. The van der Waals surface area contributed by atoms with Gasteiger partial charge in [-0.05, 0) is 30.0 Å². The topological polar surface area (TPSA) is 22.0 Å². The number of pyridine rings is 1. The molecule has 0 amide bonds. The van der Waals surface area contributed by atoms with Gasteiger partial charge in [0.25, 0.3) is 5.56 Å². The number of hydrogen-bond donors (Lipinski definition) is 0. The van der Waals surface area contributed by atoms with E-state index in [-0.39, 0.29) is 5.56 Å². The molecule has 1 aromatic heterocycles. The van der Waals surface area contributed by atoms with Gasteiger partial charge in [0.1, 0.15) is 0 Å². The summed E-state index contributed by atoms with van der Waals surface area (Å²) in [5.41, 5.74) is 3.30. The van der Waals surface area contributed by atoms with E-state index in [2.05, 4.69) is 30.3 Å². The van der Waals surface area contributed by atoms with Gasteiger partial charge in [-0.1, -0.05) is 66.2 Å². The highest BCUT2D eigenvalue weighted by Gasteiger charge is 2.10. The Kier molecular flexibility index (Phi) is 3.23. The number of rotatable bonds is 2. The third kappa shape index (κ3) is 2.33. The zero-order valence-corrected chi connectivity index (χ0v) is 13.0. The maximum atomic E-state index is 13.1. The van der Waals surface area contributed by atoms with Crippen LogP contribution in [0, 0.1) is 6.92 Å². The van der Waals surface area contributed by atoms with E-state index >= 15 is 0 Å². The van der Waals surface area contributed by atoms with Crippen molar-refractivity contribution in [1.29, 1.82) is 0 Å². The molecule has 1 heterocycles. The van der Waals surface area contributed by atoms with Gasteiger partial charge in [0.05, 0.1) is 12.1 Å². The van der Waals surface area contributed by atoms with Gasteiger partial charge in [-0.15, -0.1) is 0 Å². The molecule has 0 radical (unpaired) electrons. The molecule has 0 saturated carbocycles. The number of aryl methyl sites for hydroxylation is 1. The molecule has 0 unspecified atom stereocenters. The largest absolute Gasteiger partial charge is 0.303 e. The number of para-hydroxylation sites is 1. The lowest BCUT2D eigenvalue weighted by Gasteiger charge is -2.13. The molecule has 3 aromatic carbocycles. The first-order valence-electron chi connectivity index (χ1n) is 7.80. The van der Waals surface area contributed by atoms with Gasteiger partial charge in [0, 0.05) is 10.8 Å². The lowest BCUT2D eigenvalue weighted by atomic mass is 10.0. The summed E-state index contributed by atoms with van der Waals surface area (Å²) in [5.74, 6) is 0. The fourth-order valence-electron chi connectivity index (χ4n) is 3.18. The van der Waals surface area contributed by atoms with Crippen LogP contribution < -0.4 is 5.56 Å². The highest BCUT2D eigenvalue weighted by atomic mass is 16.1. The van der Waals surface area contributed by atoms with Gasteiger partial charge in [-0.3, -0.25) is 4.79 Å². The number of aromatic nitrogens is 1. The molecule has 23 heavy (non-hydrogen) atoms. The average Bonchev–Trinajstić information content (AvgIpc) is 2.59. The molecule has 4 rings (SSSR count). The Labute approximate surface area is 134 Å². The molecule has 0 aliphatic carbocycles. The maximum absolute atomic E-state index is 13.1. The fraction of sp³-hybridized carbons (Fsp3) is 0.0952. The monoisotopic (exact) mass is 299 g/mol. The Bertz CT molecular complexity index is 1060. The van der Waals surface area contributed by atoms with Crippen LogP contribution in [0.15, 0.2) is 77.6 Å². The van der Waals surface area contributed by atoms with Crippen molar-refractivity contribution < 1.29 is 0 Å². The molecular weight excluding hydrogens is 282 g/mol. The Morgan fingerprint density at radius 1 is 0.783 bits per heavy atom. The van der Waals surface area contributed by atoms with Crippen molar-refractivity contribution in [2.24, 2.45) is 0 Å². The van der Waals surface area contributed by atoms with Crippen molar-refractivity contribution >= 4 is 21.7 Å². The van der Waals surface area contributed by atoms with Crippen molar-refractivity contribution in [3.8, 4) is 0 Å². The second-order valence-electron chi connectivity index (χ2n) is 5.94. The molecule has 2 heteroatoms. The van der Waals surface area contributed by atoms with Crippen LogP contribution >= 0.6 is 0 Å². The predicted molar refractivity (Wildman–Crippen MR) is 96.0 cm³/mol. The molecular formula is C21H17NO. The zero-order chi connectivity index (χ0) is 15.8. The number of hydrogen-bond acceptors (Lipinski definition) is 1. The zero-order valence-electron chi connectivity index (χ0n) is 13.0. The maximum Gasteiger partial charge on any atom is 0.259 e. The van der Waals surface area contributed by atoms with Crippen molar-refractivity contribution in [3.05, 3.63) is 94.3 Å². The first kappa shape index (κ1) is 13.8. The lowest BCUT2D eigenvalue weighted by molar-refractivity contribution is 0.802. The van der Waals surface area contributed by atoms with Crippen LogP contribution in [-0.2, 0) is 6.54 Å². The first-order chi connectivity index (χ1) is 11.2. The number of benzene rings is 3. The Morgan fingerprint density at radius 2 is 1.52 bits per heavy atom. The third-order valence-electron chi connectivity index (χ3n) is 4.32. The Morgan fingerprint density at radius 3 is 2.35 bits per heavy atom. The quantitative estimate of drug-likeness (QED) is 0.499. The Hall–Kier alpha value is -2.87. The van der Waals surface area contributed by atoms with Gasteiger partial charge >= 0.3 is 0 Å². The lowest BCUT2D eigenvalue weighted by Crippen LogP contribution is -2.21. The smallest absolute Gasteiger partial charge is 0.259 e. The van der Waals surface area contributed by atoms with E-state index in [1.54, 1.807) is 0 Å². The molecule has 0 fully saturated rings. The van der Waals surface area contributed by atoms with Crippen LogP contribution in [0.2, 0.25) is 0 Å². The van der Waals surface area contributed by atoms with E-state index in [1.807, 2.05) is 54.0 Å². The average molecular weight is 299 g/mol. The molecule has 0 bridgehead atoms. The van der Waals surface area contributed by atoms with Crippen molar-refractivity contribution in [1.82, 2.24) is 4.57 Å². The summed E-state index contributed by atoms with van der Waals surface area (Å²) in [7, 11) is 0. The second kappa shape index (κ2) is 5.40. The molecule has 4 aromatic rings. The van der Waals surface area contributed by atoms with E-state index in [0.717, 1.165) is 32.8 Å². The van der Waals surface area contributed by atoms with E-state index in [1.165, 1.54) is 0 Å². The van der Waals surface area contributed by atoms with Crippen LogP contribution in [0.5, 0.6) is 0 Å². The summed E-state index contributed by atoms with van der Waals surface area (Å²) < 4.78 is 1.88. The minimum atomic E-state index is 0.0752. The highest BCUT2D eigenvalue weighted by Crippen LogP contribution is 2.24. The van der Waals surface area contributed by atoms with E-state index in [4.69, 9.17) is 0 Å². The molecule has 0 atom stereocenters. The van der Waals surface area contributed by atoms with Crippen LogP contribution in [0.1, 0.15) is 11.1 Å². The molecule has 0 spiro atoms. The summed E-state index contributed by atoms with van der Waals surface area (Å²) in [5, 5.41) is 2.94. The summed E-state index contributed by atoms with van der Waals surface area (Å²) in [6.45, 7) is 2.61. The third-order valence-corrected chi connectivity index (χ3v) is 4.32. The summed E-state index contributed by atoms with van der Waals surface area (Å²) in [4.78, 5) is 13.1. The van der Waals surface area contributed by atoms with Crippen LogP contribution in [0.4, 0.5) is 0 Å². The van der Waals surface area contributed by atoms with Crippen molar-refractivity contribution in [3.63, 3.8) is 0 Å². The summed E-state index contributed by atoms with van der Waals surface area (Å²) >= 11 is 0. The van der Waals surface area contributed by atoms with E-state index in [9.17, 15) is 4.79 Å². The minimum Gasteiger partial charge on any atom is -0.303 e. The van der Waals surface area contributed by atoms with E-state index < -0.39 is 0 Å². The van der Waals surface area contributed by atoms with Gasteiger partial charge in [-0.2, -0.15) is 0 Å². The molecule has 0 aliphatic heterocycles. The molecule has 2 nitrogen and oxygen atoms in total. The fourth-order valence-corrected chi connectivity index (χ4v) is 3.18. The number of nitrogens with zero attached hydrogens (tertiary/aromatic N) is 1. The minimum absolute atomic E-state index is 0.0752. The predicted octanol–water partition coefficient (Wildman–Crippen LogP) is 4.51. The van der Waals surface area contributed by atoms with Gasteiger partial charge in [-0.25, -0.2) is 0 Å². The molecule has 0 aliphatic rings. The molecule has 112 valence electrons. The standard InChI is InChI=1S/C21H17NO/c1-15-11-12-17-18-9-5-6-10-20(18)22(21(23)19(17)13-15)14-16-7-3-2-4-8-16/h2-13H,14H2,1H3. The van der Waals surface area contributed by atoms with Crippen LogP contribution in [0.3, 0.4) is 0 Å². The van der Waals surface area contributed by atoms with Gasteiger partial charge in [0.2, 0.25) is 0 Å². The summed E-state index contributed by atoms with van der Waals surface area (Å²) in [6, 6.07) is 24.4. The van der Waals surface area contributed by atoms with Crippen molar-refractivity contribution in [2.75, 3.05) is 0 Å².